The SMILES string of the molecule is CCCNC1(c2nc(C)c(C)s2)CCCC(CC)CC1. The molecule has 2 rings (SSSR count). The number of rotatable bonds is 5. The molecule has 114 valence electrons. The van der Waals surface area contributed by atoms with Crippen molar-refractivity contribution >= 4 is 11.3 Å². The fraction of sp³-hybridized carbons (Fsp3) is 0.824. The molecule has 0 saturated heterocycles. The molecule has 2 atom stereocenters. The molecular weight excluding hydrogens is 264 g/mol. The molecule has 2 unspecified atom stereocenters. The predicted molar refractivity (Wildman–Crippen MR) is 88.4 cm³/mol. The van der Waals surface area contributed by atoms with Gasteiger partial charge in [-0.05, 0) is 52.0 Å². The third-order valence-electron chi connectivity index (χ3n) is 4.92. The lowest BCUT2D eigenvalue weighted by Gasteiger charge is -2.32. The van der Waals surface area contributed by atoms with Crippen molar-refractivity contribution in [3.63, 3.8) is 0 Å². The van der Waals surface area contributed by atoms with Gasteiger partial charge in [-0.25, -0.2) is 4.98 Å². The summed E-state index contributed by atoms with van der Waals surface area (Å²) in [5.41, 5.74) is 1.38. The van der Waals surface area contributed by atoms with Gasteiger partial charge in [0.2, 0.25) is 0 Å². The zero-order chi connectivity index (χ0) is 14.6. The van der Waals surface area contributed by atoms with Gasteiger partial charge < -0.3 is 5.32 Å². The second-order valence-electron chi connectivity index (χ2n) is 6.37. The molecule has 1 aliphatic carbocycles. The highest BCUT2D eigenvalue weighted by molar-refractivity contribution is 7.11. The van der Waals surface area contributed by atoms with Crippen LogP contribution in [0.15, 0.2) is 0 Å². The molecule has 2 nitrogen and oxygen atoms in total. The van der Waals surface area contributed by atoms with Crippen LogP contribution in [0.25, 0.3) is 0 Å². The molecule has 1 aliphatic rings. The van der Waals surface area contributed by atoms with E-state index >= 15 is 0 Å². The van der Waals surface area contributed by atoms with Crippen LogP contribution in [0.1, 0.15) is 74.4 Å². The zero-order valence-electron chi connectivity index (χ0n) is 13.6. The van der Waals surface area contributed by atoms with Gasteiger partial charge in [0.05, 0.1) is 11.2 Å². The number of aryl methyl sites for hydroxylation is 2. The minimum absolute atomic E-state index is 0.156. The van der Waals surface area contributed by atoms with E-state index in [1.807, 2.05) is 11.3 Å². The smallest absolute Gasteiger partial charge is 0.113 e. The van der Waals surface area contributed by atoms with Gasteiger partial charge in [-0.1, -0.05) is 33.1 Å². The Hall–Kier alpha value is -0.410. The summed E-state index contributed by atoms with van der Waals surface area (Å²) in [5, 5.41) is 5.22. The summed E-state index contributed by atoms with van der Waals surface area (Å²) < 4.78 is 0. The highest BCUT2D eigenvalue weighted by atomic mass is 32.1. The third kappa shape index (κ3) is 3.43. The van der Waals surface area contributed by atoms with Gasteiger partial charge in [0.1, 0.15) is 5.01 Å². The molecule has 1 aromatic rings. The highest BCUT2D eigenvalue weighted by Gasteiger charge is 2.36. The average molecular weight is 295 g/mol. The van der Waals surface area contributed by atoms with Crippen LogP contribution in [0.3, 0.4) is 0 Å². The Labute approximate surface area is 128 Å². The maximum atomic E-state index is 4.91. The maximum absolute atomic E-state index is 4.91. The van der Waals surface area contributed by atoms with Gasteiger partial charge in [-0.3, -0.25) is 0 Å². The van der Waals surface area contributed by atoms with Gasteiger partial charge in [-0.2, -0.15) is 0 Å². The lowest BCUT2D eigenvalue weighted by molar-refractivity contribution is 0.284. The van der Waals surface area contributed by atoms with Crippen molar-refractivity contribution in [1.82, 2.24) is 10.3 Å². The standard InChI is InChI=1S/C17H30N2S/c1-5-12-18-17(16-19-13(3)14(4)20-16)10-7-8-15(6-2)9-11-17/h15,18H,5-12H2,1-4H3. The van der Waals surface area contributed by atoms with E-state index in [2.05, 4.69) is 33.0 Å². The van der Waals surface area contributed by atoms with Crippen molar-refractivity contribution in [3.05, 3.63) is 15.6 Å². The van der Waals surface area contributed by atoms with Crippen molar-refractivity contribution < 1.29 is 0 Å². The summed E-state index contributed by atoms with van der Waals surface area (Å²) in [4.78, 5) is 6.29. The summed E-state index contributed by atoms with van der Waals surface area (Å²) in [6.07, 6.45) is 9.14. The Balaban J connectivity index is 2.25. The van der Waals surface area contributed by atoms with Gasteiger partial charge in [0.25, 0.3) is 0 Å². The van der Waals surface area contributed by atoms with E-state index in [-0.39, 0.29) is 5.54 Å². The number of aromatic nitrogens is 1. The van der Waals surface area contributed by atoms with Crippen molar-refractivity contribution in [2.24, 2.45) is 5.92 Å². The molecule has 0 bridgehead atoms. The summed E-state index contributed by atoms with van der Waals surface area (Å²) >= 11 is 1.91. The Morgan fingerprint density at radius 3 is 2.65 bits per heavy atom. The van der Waals surface area contributed by atoms with Gasteiger partial charge in [0, 0.05) is 4.88 Å². The molecule has 1 fully saturated rings. The molecule has 1 heterocycles. The van der Waals surface area contributed by atoms with Crippen LogP contribution in [0, 0.1) is 19.8 Å². The van der Waals surface area contributed by atoms with Crippen LogP contribution in [-0.4, -0.2) is 11.5 Å². The molecule has 1 aromatic heterocycles. The number of thiazole rings is 1. The van der Waals surface area contributed by atoms with Crippen LogP contribution < -0.4 is 5.32 Å². The van der Waals surface area contributed by atoms with E-state index in [0.717, 1.165) is 12.5 Å². The Morgan fingerprint density at radius 1 is 1.25 bits per heavy atom. The van der Waals surface area contributed by atoms with Gasteiger partial charge in [-0.15, -0.1) is 11.3 Å². The number of nitrogens with one attached hydrogen (secondary N) is 1. The lowest BCUT2D eigenvalue weighted by Crippen LogP contribution is -2.42. The normalized spacial score (nSPS) is 27.5. The molecule has 20 heavy (non-hydrogen) atoms. The number of hydrogen-bond acceptors (Lipinski definition) is 3. The summed E-state index contributed by atoms with van der Waals surface area (Å²) in [7, 11) is 0. The first-order valence-corrected chi connectivity index (χ1v) is 9.12. The van der Waals surface area contributed by atoms with Crippen LogP contribution in [0.5, 0.6) is 0 Å². The molecule has 0 amide bonds. The fourth-order valence-electron chi connectivity index (χ4n) is 3.33. The third-order valence-corrected chi connectivity index (χ3v) is 6.20. The Bertz CT molecular complexity index is 407. The van der Waals surface area contributed by atoms with Crippen LogP contribution in [0.2, 0.25) is 0 Å². The van der Waals surface area contributed by atoms with Crippen molar-refractivity contribution in [1.29, 1.82) is 0 Å². The quantitative estimate of drug-likeness (QED) is 0.778. The highest BCUT2D eigenvalue weighted by Crippen LogP contribution is 2.40. The monoisotopic (exact) mass is 294 g/mol. The van der Waals surface area contributed by atoms with Crippen molar-refractivity contribution in [3.8, 4) is 0 Å². The number of hydrogen-bond donors (Lipinski definition) is 1. The first-order chi connectivity index (χ1) is 9.61. The Morgan fingerprint density at radius 2 is 2.05 bits per heavy atom. The van der Waals surface area contributed by atoms with Gasteiger partial charge in [0.15, 0.2) is 0 Å². The predicted octanol–water partition coefficient (Wildman–Crippen LogP) is 4.95. The number of nitrogens with zero attached hydrogens (tertiary/aromatic N) is 1. The van der Waals surface area contributed by atoms with Crippen molar-refractivity contribution in [2.75, 3.05) is 6.54 Å². The fourth-order valence-corrected chi connectivity index (χ4v) is 4.47. The topological polar surface area (TPSA) is 24.9 Å². The first kappa shape index (κ1) is 16.0. The first-order valence-electron chi connectivity index (χ1n) is 8.31. The minimum Gasteiger partial charge on any atom is -0.305 e. The lowest BCUT2D eigenvalue weighted by atomic mass is 9.89. The zero-order valence-corrected chi connectivity index (χ0v) is 14.4. The summed E-state index contributed by atoms with van der Waals surface area (Å²) in [6.45, 7) is 10.1. The maximum Gasteiger partial charge on any atom is 0.113 e. The van der Waals surface area contributed by atoms with E-state index in [1.165, 1.54) is 60.5 Å². The minimum atomic E-state index is 0.156. The van der Waals surface area contributed by atoms with E-state index in [1.54, 1.807) is 0 Å². The van der Waals surface area contributed by atoms with E-state index in [0.29, 0.717) is 0 Å². The molecule has 3 heteroatoms. The van der Waals surface area contributed by atoms with Crippen LogP contribution in [0.4, 0.5) is 0 Å². The molecule has 0 spiro atoms. The second kappa shape index (κ2) is 7.04. The summed E-state index contributed by atoms with van der Waals surface area (Å²) in [6, 6.07) is 0. The molecule has 1 saturated carbocycles. The van der Waals surface area contributed by atoms with E-state index in [4.69, 9.17) is 4.98 Å². The molecule has 0 radical (unpaired) electrons. The second-order valence-corrected chi connectivity index (χ2v) is 7.58. The summed E-state index contributed by atoms with van der Waals surface area (Å²) in [5.74, 6) is 0.919. The molecular formula is C17H30N2S. The van der Waals surface area contributed by atoms with E-state index < -0.39 is 0 Å². The van der Waals surface area contributed by atoms with Gasteiger partial charge >= 0.3 is 0 Å². The largest absolute Gasteiger partial charge is 0.305 e. The Kier molecular flexibility index (Phi) is 5.62. The van der Waals surface area contributed by atoms with E-state index in [9.17, 15) is 0 Å². The molecule has 0 aliphatic heterocycles. The van der Waals surface area contributed by atoms with Crippen molar-refractivity contribution in [2.45, 2.75) is 78.2 Å². The molecule has 0 aromatic carbocycles. The average Bonchev–Trinajstić information content (AvgIpc) is 2.67. The van der Waals surface area contributed by atoms with Crippen LogP contribution >= 0.6 is 11.3 Å². The van der Waals surface area contributed by atoms with Crippen LogP contribution in [-0.2, 0) is 5.54 Å². The molecule has 1 N–H and O–H groups in total.